The zero-order chi connectivity index (χ0) is 13.0. The molecule has 2 atom stereocenters. The third-order valence-electron chi connectivity index (χ3n) is 3.98. The smallest absolute Gasteiger partial charge is 0.227 e. The van der Waals surface area contributed by atoms with Crippen LogP contribution in [-0.4, -0.2) is 74.7 Å². The van der Waals surface area contributed by atoms with Crippen molar-refractivity contribution in [3.8, 4) is 0 Å². The van der Waals surface area contributed by atoms with Gasteiger partial charge in [-0.05, 0) is 6.42 Å². The molecule has 1 amide bonds. The molecule has 19 heavy (non-hydrogen) atoms. The van der Waals surface area contributed by atoms with Crippen molar-refractivity contribution in [1.82, 2.24) is 15.1 Å². The fraction of sp³-hybridized carbons (Fsp3) is 0.923. The Bertz CT molecular complexity index is 285. The first-order chi connectivity index (χ1) is 8.72. The summed E-state index contributed by atoms with van der Waals surface area (Å²) >= 11 is 0. The fourth-order valence-electron chi connectivity index (χ4n) is 2.92. The maximum Gasteiger partial charge on any atom is 0.227 e. The molecule has 112 valence electrons. The lowest BCUT2D eigenvalue weighted by Gasteiger charge is -2.32. The van der Waals surface area contributed by atoms with Crippen molar-refractivity contribution in [2.24, 2.45) is 5.92 Å². The summed E-state index contributed by atoms with van der Waals surface area (Å²) in [5, 5.41) is 3.37. The van der Waals surface area contributed by atoms with E-state index in [0.29, 0.717) is 12.6 Å². The van der Waals surface area contributed by atoms with E-state index in [1.165, 1.54) is 0 Å². The zero-order valence-corrected chi connectivity index (χ0v) is 12.7. The standard InChI is InChI=1S/C13H25N3O2.ClH/c1-11(10-18-2)13(17)16-6-3-12(9-16)15-7-4-14-5-8-15;/h11-12,14H,3-10H2,1-2H3;1H. The van der Waals surface area contributed by atoms with Crippen LogP contribution in [0.2, 0.25) is 0 Å². The number of nitrogens with zero attached hydrogens (tertiary/aromatic N) is 2. The summed E-state index contributed by atoms with van der Waals surface area (Å²) in [6.45, 7) is 8.64. The lowest BCUT2D eigenvalue weighted by atomic mass is 10.1. The summed E-state index contributed by atoms with van der Waals surface area (Å²) in [5.41, 5.74) is 0. The molecule has 5 nitrogen and oxygen atoms in total. The van der Waals surface area contributed by atoms with Gasteiger partial charge in [0.2, 0.25) is 5.91 Å². The summed E-state index contributed by atoms with van der Waals surface area (Å²) in [6.07, 6.45) is 1.12. The van der Waals surface area contributed by atoms with Gasteiger partial charge in [0, 0.05) is 52.4 Å². The average Bonchev–Trinajstić information content (AvgIpc) is 2.89. The normalized spacial score (nSPS) is 26.0. The predicted octanol–water partition coefficient (Wildman–Crippen LogP) is 0.197. The summed E-state index contributed by atoms with van der Waals surface area (Å²) in [6, 6.07) is 0.561. The average molecular weight is 292 g/mol. The van der Waals surface area contributed by atoms with Crippen molar-refractivity contribution in [3.63, 3.8) is 0 Å². The molecule has 2 heterocycles. The van der Waals surface area contributed by atoms with Crippen molar-refractivity contribution < 1.29 is 9.53 Å². The summed E-state index contributed by atoms with van der Waals surface area (Å²) in [7, 11) is 1.65. The number of ether oxygens (including phenoxy) is 1. The number of carbonyl (C=O) groups excluding carboxylic acids is 1. The van der Waals surface area contributed by atoms with Crippen molar-refractivity contribution in [1.29, 1.82) is 0 Å². The third kappa shape index (κ3) is 4.31. The minimum absolute atomic E-state index is 0. The molecule has 0 bridgehead atoms. The molecule has 0 aromatic rings. The highest BCUT2D eigenvalue weighted by Crippen LogP contribution is 2.18. The molecule has 0 aliphatic carbocycles. The van der Waals surface area contributed by atoms with Gasteiger partial charge in [0.1, 0.15) is 0 Å². The topological polar surface area (TPSA) is 44.8 Å². The number of likely N-dealkylation sites (tertiary alicyclic amines) is 1. The van der Waals surface area contributed by atoms with Gasteiger partial charge in [0.15, 0.2) is 0 Å². The van der Waals surface area contributed by atoms with Crippen LogP contribution in [0.3, 0.4) is 0 Å². The lowest BCUT2D eigenvalue weighted by molar-refractivity contribution is -0.135. The summed E-state index contributed by atoms with van der Waals surface area (Å²) in [4.78, 5) is 16.7. The molecule has 2 fully saturated rings. The predicted molar refractivity (Wildman–Crippen MR) is 77.7 cm³/mol. The van der Waals surface area contributed by atoms with Gasteiger partial charge in [-0.1, -0.05) is 6.92 Å². The Balaban J connectivity index is 0.00000180. The van der Waals surface area contributed by atoms with E-state index in [4.69, 9.17) is 4.74 Å². The first-order valence-electron chi connectivity index (χ1n) is 6.95. The summed E-state index contributed by atoms with van der Waals surface area (Å²) < 4.78 is 5.06. The maximum atomic E-state index is 12.2. The van der Waals surface area contributed by atoms with Crippen molar-refractivity contribution >= 4 is 18.3 Å². The number of methoxy groups -OCH3 is 1. The molecule has 1 N–H and O–H groups in total. The molecule has 2 rings (SSSR count). The quantitative estimate of drug-likeness (QED) is 0.804. The van der Waals surface area contributed by atoms with Gasteiger partial charge in [0.25, 0.3) is 0 Å². The maximum absolute atomic E-state index is 12.2. The third-order valence-corrected chi connectivity index (χ3v) is 3.98. The van der Waals surface area contributed by atoms with Crippen LogP contribution in [0.15, 0.2) is 0 Å². The van der Waals surface area contributed by atoms with E-state index in [1.807, 2.05) is 11.8 Å². The van der Waals surface area contributed by atoms with Crippen LogP contribution >= 0.6 is 12.4 Å². The summed E-state index contributed by atoms with van der Waals surface area (Å²) in [5.74, 6) is 0.228. The number of halogens is 1. The molecule has 0 spiro atoms. The molecule has 2 unspecified atom stereocenters. The molecule has 2 aliphatic rings. The molecule has 0 saturated carbocycles. The number of hydrogen-bond acceptors (Lipinski definition) is 4. The van der Waals surface area contributed by atoms with Gasteiger partial charge >= 0.3 is 0 Å². The van der Waals surface area contributed by atoms with E-state index in [1.54, 1.807) is 7.11 Å². The van der Waals surface area contributed by atoms with E-state index in [0.717, 1.165) is 45.7 Å². The second-order valence-electron chi connectivity index (χ2n) is 5.37. The van der Waals surface area contributed by atoms with Gasteiger partial charge in [0.05, 0.1) is 12.5 Å². The molecule has 6 heteroatoms. The first kappa shape index (κ1) is 16.7. The number of rotatable bonds is 4. The van der Waals surface area contributed by atoms with Crippen molar-refractivity contribution in [2.75, 3.05) is 53.0 Å². The van der Waals surface area contributed by atoms with E-state index < -0.39 is 0 Å². The molecule has 2 aliphatic heterocycles. The highest BCUT2D eigenvalue weighted by molar-refractivity contribution is 5.85. The molecule has 2 saturated heterocycles. The van der Waals surface area contributed by atoms with Gasteiger partial charge in [-0.2, -0.15) is 0 Å². The second-order valence-corrected chi connectivity index (χ2v) is 5.37. The van der Waals surface area contributed by atoms with Gasteiger partial charge in [-0.3, -0.25) is 9.69 Å². The number of piperazine rings is 1. The minimum Gasteiger partial charge on any atom is -0.384 e. The van der Waals surface area contributed by atoms with Crippen LogP contribution in [0, 0.1) is 5.92 Å². The zero-order valence-electron chi connectivity index (χ0n) is 11.9. The van der Waals surface area contributed by atoms with E-state index >= 15 is 0 Å². The molecule has 0 aromatic heterocycles. The number of carbonyl (C=O) groups is 1. The lowest BCUT2D eigenvalue weighted by Crippen LogP contribution is -2.49. The van der Waals surface area contributed by atoms with Crippen LogP contribution in [0.5, 0.6) is 0 Å². The van der Waals surface area contributed by atoms with Gasteiger partial charge in [-0.15, -0.1) is 12.4 Å². The van der Waals surface area contributed by atoms with Crippen LogP contribution in [-0.2, 0) is 9.53 Å². The SMILES string of the molecule is COCC(C)C(=O)N1CCC(N2CCNCC2)C1.Cl. The second kappa shape index (κ2) is 8.04. The van der Waals surface area contributed by atoms with E-state index in [-0.39, 0.29) is 24.2 Å². The molecule has 0 radical (unpaired) electrons. The Kier molecular flexibility index (Phi) is 7.07. The van der Waals surface area contributed by atoms with Gasteiger partial charge < -0.3 is 15.0 Å². The van der Waals surface area contributed by atoms with E-state index in [9.17, 15) is 4.79 Å². The number of hydrogen-bond donors (Lipinski definition) is 1. The number of nitrogens with one attached hydrogen (secondary N) is 1. The van der Waals surface area contributed by atoms with Crippen LogP contribution in [0.1, 0.15) is 13.3 Å². The van der Waals surface area contributed by atoms with Crippen LogP contribution in [0.25, 0.3) is 0 Å². The Morgan fingerprint density at radius 3 is 2.68 bits per heavy atom. The first-order valence-corrected chi connectivity index (χ1v) is 6.95. The highest BCUT2D eigenvalue weighted by atomic mass is 35.5. The monoisotopic (exact) mass is 291 g/mol. The minimum atomic E-state index is -0.0169. The fourth-order valence-corrected chi connectivity index (χ4v) is 2.92. The van der Waals surface area contributed by atoms with Gasteiger partial charge in [-0.25, -0.2) is 0 Å². The van der Waals surface area contributed by atoms with Crippen molar-refractivity contribution in [3.05, 3.63) is 0 Å². The van der Waals surface area contributed by atoms with Crippen molar-refractivity contribution in [2.45, 2.75) is 19.4 Å². The highest BCUT2D eigenvalue weighted by Gasteiger charge is 2.32. The Morgan fingerprint density at radius 1 is 1.37 bits per heavy atom. The number of amides is 1. The molecular formula is C13H26ClN3O2. The molecular weight excluding hydrogens is 266 g/mol. The Hall–Kier alpha value is -0.360. The Morgan fingerprint density at radius 2 is 2.05 bits per heavy atom. The largest absolute Gasteiger partial charge is 0.384 e. The van der Waals surface area contributed by atoms with Crippen LogP contribution in [0.4, 0.5) is 0 Å². The van der Waals surface area contributed by atoms with E-state index in [2.05, 4.69) is 10.2 Å². The van der Waals surface area contributed by atoms with Crippen LogP contribution < -0.4 is 5.32 Å². The molecule has 0 aromatic carbocycles. The Labute approximate surface area is 122 Å².